The number of nitrogens with one attached hydrogen (secondary N) is 3. The first kappa shape index (κ1) is 22.0. The maximum Gasteiger partial charge on any atom is 0.325 e. The van der Waals surface area contributed by atoms with E-state index in [2.05, 4.69) is 20.9 Å². The first-order chi connectivity index (χ1) is 14.9. The number of para-hydroxylation sites is 1. The number of hydrogen-bond acceptors (Lipinski definition) is 6. The number of methoxy groups -OCH3 is 1. The number of nitrogens with zero attached hydrogens (tertiary/aromatic N) is 1. The van der Waals surface area contributed by atoms with Crippen LogP contribution in [-0.2, 0) is 11.2 Å². The van der Waals surface area contributed by atoms with Gasteiger partial charge < -0.3 is 15.4 Å². The number of thiazole rings is 1. The van der Waals surface area contributed by atoms with E-state index in [4.69, 9.17) is 4.74 Å². The zero-order chi connectivity index (χ0) is 22.4. The van der Waals surface area contributed by atoms with Gasteiger partial charge in [0.2, 0.25) is 5.91 Å². The summed E-state index contributed by atoms with van der Waals surface area (Å²) >= 11 is 1.21. The normalized spacial score (nSPS) is 10.3. The molecule has 2 aromatic carbocycles. The van der Waals surface area contributed by atoms with Gasteiger partial charge in [0.25, 0.3) is 0 Å². The highest BCUT2D eigenvalue weighted by atomic mass is 32.1. The number of aromatic nitrogens is 1. The molecular weight excluding hydrogens is 416 g/mol. The molecule has 0 unspecified atom stereocenters. The van der Waals surface area contributed by atoms with Gasteiger partial charge in [-0.15, -0.1) is 11.3 Å². The van der Waals surface area contributed by atoms with Crippen LogP contribution in [0.25, 0.3) is 0 Å². The first-order valence-corrected chi connectivity index (χ1v) is 10.3. The maximum atomic E-state index is 13.1. The molecule has 160 valence electrons. The molecule has 0 bridgehead atoms. The number of benzene rings is 2. The van der Waals surface area contributed by atoms with E-state index in [1.807, 2.05) is 6.92 Å². The van der Waals surface area contributed by atoms with Gasteiger partial charge in [0.05, 0.1) is 30.5 Å². The van der Waals surface area contributed by atoms with Gasteiger partial charge in [0.15, 0.2) is 10.9 Å². The van der Waals surface area contributed by atoms with Crippen LogP contribution in [0.15, 0.2) is 47.8 Å². The second-order valence-corrected chi connectivity index (χ2v) is 7.51. The van der Waals surface area contributed by atoms with E-state index < -0.39 is 6.03 Å². The molecule has 0 radical (unpaired) electrons. The molecule has 3 aromatic rings. The highest BCUT2D eigenvalue weighted by Crippen LogP contribution is 2.26. The largest absolute Gasteiger partial charge is 0.496 e. The Hall–Kier alpha value is -3.72. The number of carbonyl (C=O) groups excluding carboxylic acids is 3. The fraction of sp³-hybridized carbons (Fsp3) is 0.182. The summed E-state index contributed by atoms with van der Waals surface area (Å²) in [6, 6.07) is 11.6. The summed E-state index contributed by atoms with van der Waals surface area (Å²) in [4.78, 5) is 41.4. The van der Waals surface area contributed by atoms with Gasteiger partial charge in [-0.1, -0.05) is 18.2 Å². The van der Waals surface area contributed by atoms with Gasteiger partial charge >= 0.3 is 6.03 Å². The van der Waals surface area contributed by atoms with Crippen LogP contribution in [0.2, 0.25) is 0 Å². The Morgan fingerprint density at radius 3 is 2.58 bits per heavy atom. The quantitative estimate of drug-likeness (QED) is 0.488. The SMILES string of the molecule is CNC(=O)Cc1csc(NC(=O)Nc2cc(C)ccc2C(=O)c2ccccc2OC)n1. The molecule has 8 nitrogen and oxygen atoms in total. The molecule has 0 spiro atoms. The van der Waals surface area contributed by atoms with E-state index in [-0.39, 0.29) is 18.1 Å². The number of ketones is 1. The van der Waals surface area contributed by atoms with Crippen LogP contribution >= 0.6 is 11.3 Å². The van der Waals surface area contributed by atoms with Crippen molar-refractivity contribution < 1.29 is 19.1 Å². The van der Waals surface area contributed by atoms with Gasteiger partial charge in [0, 0.05) is 18.0 Å². The minimum Gasteiger partial charge on any atom is -0.496 e. The summed E-state index contributed by atoms with van der Waals surface area (Å²) in [6.45, 7) is 1.87. The third-order valence-electron chi connectivity index (χ3n) is 4.41. The van der Waals surface area contributed by atoms with Gasteiger partial charge in [-0.3, -0.25) is 14.9 Å². The van der Waals surface area contributed by atoms with Crippen molar-refractivity contribution in [3.05, 3.63) is 70.2 Å². The number of likely N-dealkylation sites (N-methyl/N-ethyl adjacent to an activating group) is 1. The lowest BCUT2D eigenvalue weighted by Crippen LogP contribution is -2.22. The summed E-state index contributed by atoms with van der Waals surface area (Å²) < 4.78 is 5.29. The summed E-state index contributed by atoms with van der Waals surface area (Å²) in [5.41, 5.74) is 2.55. The third-order valence-corrected chi connectivity index (χ3v) is 5.22. The average Bonchev–Trinajstić information content (AvgIpc) is 3.19. The highest BCUT2D eigenvalue weighted by molar-refractivity contribution is 7.14. The number of carbonyl (C=O) groups is 3. The highest BCUT2D eigenvalue weighted by Gasteiger charge is 2.19. The molecular formula is C22H22N4O4S. The zero-order valence-corrected chi connectivity index (χ0v) is 18.1. The fourth-order valence-electron chi connectivity index (χ4n) is 2.89. The molecule has 3 amide bonds. The molecule has 1 heterocycles. The minimum absolute atomic E-state index is 0.131. The van der Waals surface area contributed by atoms with Crippen LogP contribution < -0.4 is 20.7 Å². The zero-order valence-electron chi connectivity index (χ0n) is 17.3. The fourth-order valence-corrected chi connectivity index (χ4v) is 3.59. The Bertz CT molecular complexity index is 1130. The molecule has 3 rings (SSSR count). The van der Waals surface area contributed by atoms with E-state index in [0.717, 1.165) is 5.56 Å². The number of anilines is 2. The number of amides is 3. The van der Waals surface area contributed by atoms with Gasteiger partial charge in [-0.25, -0.2) is 9.78 Å². The van der Waals surface area contributed by atoms with E-state index >= 15 is 0 Å². The van der Waals surface area contributed by atoms with Crippen LogP contribution in [-0.4, -0.2) is 36.9 Å². The molecule has 0 aliphatic rings. The Morgan fingerprint density at radius 1 is 1.06 bits per heavy atom. The predicted octanol–water partition coefficient (Wildman–Crippen LogP) is 3.62. The van der Waals surface area contributed by atoms with Crippen LogP contribution in [0.5, 0.6) is 5.75 Å². The first-order valence-electron chi connectivity index (χ1n) is 9.42. The van der Waals surface area contributed by atoms with Crippen LogP contribution in [0.3, 0.4) is 0 Å². The van der Waals surface area contributed by atoms with Crippen molar-refractivity contribution in [1.29, 1.82) is 0 Å². The Balaban J connectivity index is 1.79. The Kier molecular flexibility index (Phi) is 6.99. The Morgan fingerprint density at radius 2 is 1.84 bits per heavy atom. The lowest BCUT2D eigenvalue weighted by molar-refractivity contribution is -0.120. The molecule has 0 saturated heterocycles. The second kappa shape index (κ2) is 9.86. The van der Waals surface area contributed by atoms with Crippen molar-refractivity contribution in [1.82, 2.24) is 10.3 Å². The number of rotatable bonds is 7. The molecule has 31 heavy (non-hydrogen) atoms. The van der Waals surface area contributed by atoms with Gasteiger partial charge in [-0.2, -0.15) is 0 Å². The molecule has 0 aliphatic heterocycles. The summed E-state index contributed by atoms with van der Waals surface area (Å²) in [7, 11) is 3.05. The monoisotopic (exact) mass is 438 g/mol. The molecule has 0 saturated carbocycles. The van der Waals surface area contributed by atoms with Crippen molar-refractivity contribution >= 4 is 39.9 Å². The van der Waals surface area contributed by atoms with Crippen molar-refractivity contribution in [2.45, 2.75) is 13.3 Å². The average molecular weight is 439 g/mol. The molecule has 0 atom stereocenters. The minimum atomic E-state index is -0.541. The lowest BCUT2D eigenvalue weighted by atomic mass is 9.99. The van der Waals surface area contributed by atoms with Gasteiger partial charge in [-0.05, 0) is 36.8 Å². The van der Waals surface area contributed by atoms with E-state index in [1.54, 1.807) is 54.9 Å². The topological polar surface area (TPSA) is 109 Å². The van der Waals surface area contributed by atoms with Crippen LogP contribution in [0, 0.1) is 6.92 Å². The Labute approximate surface area is 183 Å². The van der Waals surface area contributed by atoms with Crippen LogP contribution in [0.4, 0.5) is 15.6 Å². The maximum absolute atomic E-state index is 13.1. The van der Waals surface area contributed by atoms with Gasteiger partial charge in [0.1, 0.15) is 5.75 Å². The van der Waals surface area contributed by atoms with Crippen molar-refractivity contribution in [2.24, 2.45) is 0 Å². The third kappa shape index (κ3) is 5.46. The van der Waals surface area contributed by atoms with E-state index in [1.165, 1.54) is 18.4 Å². The van der Waals surface area contributed by atoms with Crippen LogP contribution in [0.1, 0.15) is 27.2 Å². The van der Waals surface area contributed by atoms with Crippen molar-refractivity contribution in [2.75, 3.05) is 24.8 Å². The second-order valence-electron chi connectivity index (χ2n) is 6.65. The molecule has 9 heteroatoms. The molecule has 1 aromatic heterocycles. The smallest absolute Gasteiger partial charge is 0.325 e. The summed E-state index contributed by atoms with van der Waals surface area (Å²) in [5, 5.41) is 9.94. The van der Waals surface area contributed by atoms with Crippen molar-refractivity contribution in [3.8, 4) is 5.75 Å². The molecule has 3 N–H and O–H groups in total. The van der Waals surface area contributed by atoms with E-state index in [0.29, 0.717) is 33.4 Å². The molecule has 0 aliphatic carbocycles. The van der Waals surface area contributed by atoms with Crippen molar-refractivity contribution in [3.63, 3.8) is 0 Å². The van der Waals surface area contributed by atoms with E-state index in [9.17, 15) is 14.4 Å². The predicted molar refractivity (Wildman–Crippen MR) is 120 cm³/mol. The summed E-state index contributed by atoms with van der Waals surface area (Å²) in [5.74, 6) is 0.0188. The number of aryl methyl sites for hydroxylation is 1. The summed E-state index contributed by atoms with van der Waals surface area (Å²) in [6.07, 6.45) is 0.131. The molecule has 0 fully saturated rings. The lowest BCUT2D eigenvalue weighted by Gasteiger charge is -2.13. The number of ether oxygens (including phenoxy) is 1. The number of hydrogen-bond donors (Lipinski definition) is 3. The number of urea groups is 1. The standard InChI is InChI=1S/C22H22N4O4S/c1-13-8-9-15(20(28)16-6-4-5-7-18(16)30-3)17(10-13)25-21(29)26-22-24-14(12-31-22)11-19(27)23-2/h4-10,12H,11H2,1-3H3,(H,23,27)(H2,24,25,26,29).